The molecule has 0 N–H and O–H groups in total. The highest BCUT2D eigenvalue weighted by atomic mass is 32.1. The van der Waals surface area contributed by atoms with E-state index in [1.54, 1.807) is 11.3 Å². The Morgan fingerprint density at radius 1 is 1.13 bits per heavy atom. The van der Waals surface area contributed by atoms with Gasteiger partial charge in [0.05, 0.1) is 10.6 Å². The van der Waals surface area contributed by atoms with Crippen LogP contribution < -0.4 is 4.90 Å². The Kier molecular flexibility index (Phi) is 2.24. The van der Waals surface area contributed by atoms with Gasteiger partial charge in [0.1, 0.15) is 0 Å². The van der Waals surface area contributed by atoms with Gasteiger partial charge < -0.3 is 4.90 Å². The smallest absolute Gasteiger partial charge is 0.186 e. The predicted octanol–water partition coefficient (Wildman–Crippen LogP) is 2.26. The second kappa shape index (κ2) is 3.59. The first-order chi connectivity index (χ1) is 7.34. The van der Waals surface area contributed by atoms with Crippen LogP contribution in [0, 0.1) is 0 Å². The van der Waals surface area contributed by atoms with Gasteiger partial charge in [-0.15, -0.1) is 0 Å². The van der Waals surface area contributed by atoms with Gasteiger partial charge in [0.25, 0.3) is 0 Å². The lowest BCUT2D eigenvalue weighted by molar-refractivity contribution is 0.0976. The van der Waals surface area contributed by atoms with Crippen LogP contribution in [0.5, 0.6) is 0 Å². The van der Waals surface area contributed by atoms with Crippen LogP contribution in [-0.4, -0.2) is 23.9 Å². The molecule has 0 radical (unpaired) electrons. The van der Waals surface area contributed by atoms with E-state index in [1.807, 2.05) is 0 Å². The minimum Gasteiger partial charge on any atom is -0.348 e. The Bertz CT molecular complexity index is 393. The normalized spacial score (nSPS) is 20.8. The summed E-state index contributed by atoms with van der Waals surface area (Å²) in [7, 11) is 0. The number of thiazole rings is 1. The minimum absolute atomic E-state index is 0.305. The van der Waals surface area contributed by atoms with Gasteiger partial charge >= 0.3 is 0 Å². The Hall–Kier alpha value is -0.900. The second-order valence-electron chi connectivity index (χ2n) is 4.24. The van der Waals surface area contributed by atoms with Crippen molar-refractivity contribution in [2.24, 2.45) is 0 Å². The quantitative estimate of drug-likeness (QED) is 0.730. The summed E-state index contributed by atoms with van der Waals surface area (Å²) >= 11 is 1.61. The van der Waals surface area contributed by atoms with Crippen molar-refractivity contribution in [2.75, 3.05) is 18.0 Å². The van der Waals surface area contributed by atoms with Crippen LogP contribution >= 0.6 is 11.3 Å². The van der Waals surface area contributed by atoms with Crippen LogP contribution in [0.15, 0.2) is 0 Å². The van der Waals surface area contributed by atoms with E-state index in [4.69, 9.17) is 0 Å². The molecule has 0 atom stereocenters. The maximum Gasteiger partial charge on any atom is 0.186 e. The third kappa shape index (κ3) is 1.57. The molecule has 1 aliphatic carbocycles. The van der Waals surface area contributed by atoms with Crippen molar-refractivity contribution in [3.05, 3.63) is 10.6 Å². The van der Waals surface area contributed by atoms with Gasteiger partial charge in [-0.05, 0) is 25.7 Å². The molecule has 15 heavy (non-hydrogen) atoms. The standard InChI is InChI=1S/C11H14N2OS/c14-9-5-3-4-8-10(9)15-11(12-8)13-6-1-2-7-13/h1-7H2. The fourth-order valence-electron chi connectivity index (χ4n) is 2.30. The largest absolute Gasteiger partial charge is 0.348 e. The molecule has 3 rings (SSSR count). The molecular weight excluding hydrogens is 208 g/mol. The predicted molar refractivity (Wildman–Crippen MR) is 60.8 cm³/mol. The first-order valence-electron chi connectivity index (χ1n) is 5.62. The van der Waals surface area contributed by atoms with Crippen molar-refractivity contribution in [1.29, 1.82) is 0 Å². The van der Waals surface area contributed by atoms with E-state index in [-0.39, 0.29) is 0 Å². The molecular formula is C11H14N2OS. The fourth-order valence-corrected chi connectivity index (χ4v) is 3.43. The van der Waals surface area contributed by atoms with Crippen LogP contribution in [0.3, 0.4) is 0 Å². The third-order valence-corrected chi connectivity index (χ3v) is 4.33. The summed E-state index contributed by atoms with van der Waals surface area (Å²) in [5.74, 6) is 0.305. The fraction of sp³-hybridized carbons (Fsp3) is 0.636. The lowest BCUT2D eigenvalue weighted by Crippen LogP contribution is -2.17. The lowest BCUT2D eigenvalue weighted by Gasteiger charge is -2.11. The molecule has 0 unspecified atom stereocenters. The van der Waals surface area contributed by atoms with Crippen molar-refractivity contribution in [3.63, 3.8) is 0 Å². The molecule has 0 spiro atoms. The van der Waals surface area contributed by atoms with E-state index in [1.165, 1.54) is 12.8 Å². The van der Waals surface area contributed by atoms with Crippen LogP contribution in [-0.2, 0) is 6.42 Å². The first kappa shape index (κ1) is 9.33. The molecule has 0 aromatic carbocycles. The Morgan fingerprint density at radius 2 is 1.93 bits per heavy atom. The average Bonchev–Trinajstić information content (AvgIpc) is 2.86. The summed E-state index contributed by atoms with van der Waals surface area (Å²) in [4.78, 5) is 19.5. The van der Waals surface area contributed by atoms with Crippen molar-refractivity contribution >= 4 is 22.3 Å². The summed E-state index contributed by atoms with van der Waals surface area (Å²) in [6, 6.07) is 0. The van der Waals surface area contributed by atoms with Crippen molar-refractivity contribution in [3.8, 4) is 0 Å². The van der Waals surface area contributed by atoms with Gasteiger partial charge in [0.15, 0.2) is 10.9 Å². The van der Waals surface area contributed by atoms with Gasteiger partial charge in [-0.25, -0.2) is 4.98 Å². The minimum atomic E-state index is 0.305. The van der Waals surface area contributed by atoms with Crippen molar-refractivity contribution in [1.82, 2.24) is 4.98 Å². The van der Waals surface area contributed by atoms with Crippen molar-refractivity contribution in [2.45, 2.75) is 32.1 Å². The molecule has 1 aromatic rings. The van der Waals surface area contributed by atoms with Crippen LogP contribution in [0.2, 0.25) is 0 Å². The van der Waals surface area contributed by atoms with E-state index in [2.05, 4.69) is 9.88 Å². The number of carbonyl (C=O) groups is 1. The van der Waals surface area contributed by atoms with E-state index >= 15 is 0 Å². The highest BCUT2D eigenvalue weighted by Gasteiger charge is 2.25. The molecule has 1 saturated heterocycles. The highest BCUT2D eigenvalue weighted by Crippen LogP contribution is 2.33. The number of Topliss-reactive ketones (excluding diaryl/α,β-unsaturated/α-hetero) is 1. The number of carbonyl (C=O) groups excluding carboxylic acids is 1. The number of hydrogen-bond donors (Lipinski definition) is 0. The second-order valence-corrected chi connectivity index (χ2v) is 5.22. The summed E-state index contributed by atoms with van der Waals surface area (Å²) in [5, 5.41) is 1.08. The SMILES string of the molecule is O=C1CCCc2nc(N3CCCC3)sc21. The van der Waals surface area contributed by atoms with Gasteiger partial charge in [-0.3, -0.25) is 4.79 Å². The molecule has 80 valence electrons. The summed E-state index contributed by atoms with van der Waals surface area (Å²) in [5.41, 5.74) is 1.05. The lowest BCUT2D eigenvalue weighted by atomic mass is 10.0. The maximum absolute atomic E-state index is 11.7. The van der Waals surface area contributed by atoms with Crippen LogP contribution in [0.25, 0.3) is 0 Å². The molecule has 1 aromatic heterocycles. The highest BCUT2D eigenvalue weighted by molar-refractivity contribution is 7.17. The number of nitrogens with zero attached hydrogens (tertiary/aromatic N) is 2. The van der Waals surface area contributed by atoms with Gasteiger partial charge in [-0.2, -0.15) is 0 Å². The number of hydrogen-bond acceptors (Lipinski definition) is 4. The van der Waals surface area contributed by atoms with Crippen molar-refractivity contribution < 1.29 is 4.79 Å². The van der Waals surface area contributed by atoms with E-state index in [9.17, 15) is 4.79 Å². The Morgan fingerprint density at radius 3 is 2.67 bits per heavy atom. The zero-order valence-electron chi connectivity index (χ0n) is 8.66. The number of ketones is 1. The van der Waals surface area contributed by atoms with E-state index in [0.29, 0.717) is 12.2 Å². The molecule has 4 heteroatoms. The Labute approximate surface area is 93.1 Å². The van der Waals surface area contributed by atoms with E-state index < -0.39 is 0 Å². The molecule has 1 aliphatic heterocycles. The molecule has 3 nitrogen and oxygen atoms in total. The maximum atomic E-state index is 11.7. The summed E-state index contributed by atoms with van der Waals surface area (Å²) in [6.07, 6.45) is 5.21. The van der Waals surface area contributed by atoms with Gasteiger partial charge in [-0.1, -0.05) is 11.3 Å². The number of aryl methyl sites for hydroxylation is 1. The van der Waals surface area contributed by atoms with Gasteiger partial charge in [0.2, 0.25) is 0 Å². The van der Waals surface area contributed by atoms with Crippen LogP contribution in [0.1, 0.15) is 41.0 Å². The monoisotopic (exact) mass is 222 g/mol. The molecule has 0 bridgehead atoms. The van der Waals surface area contributed by atoms with Crippen LogP contribution in [0.4, 0.5) is 5.13 Å². The first-order valence-corrected chi connectivity index (χ1v) is 6.44. The zero-order valence-corrected chi connectivity index (χ0v) is 9.48. The molecule has 1 fully saturated rings. The zero-order chi connectivity index (χ0) is 10.3. The third-order valence-electron chi connectivity index (χ3n) is 3.13. The summed E-state index contributed by atoms with van der Waals surface area (Å²) in [6.45, 7) is 2.22. The molecule has 0 saturated carbocycles. The van der Waals surface area contributed by atoms with Gasteiger partial charge in [0, 0.05) is 19.5 Å². The summed E-state index contributed by atoms with van der Waals surface area (Å²) < 4.78 is 0. The number of rotatable bonds is 1. The molecule has 0 amide bonds. The van der Waals surface area contributed by atoms with E-state index in [0.717, 1.165) is 41.6 Å². The average molecular weight is 222 g/mol. The number of anilines is 1. The molecule has 2 heterocycles. The Balaban J connectivity index is 1.94. The number of aromatic nitrogens is 1. The topological polar surface area (TPSA) is 33.2 Å². The molecule has 2 aliphatic rings. The number of fused-ring (bicyclic) bond motifs is 1.